The van der Waals surface area contributed by atoms with Gasteiger partial charge in [-0.2, -0.15) is 0 Å². The summed E-state index contributed by atoms with van der Waals surface area (Å²) < 4.78 is 15.8. The summed E-state index contributed by atoms with van der Waals surface area (Å²) in [6, 6.07) is 8.76. The van der Waals surface area contributed by atoms with Crippen molar-refractivity contribution in [3.63, 3.8) is 0 Å². The van der Waals surface area contributed by atoms with Crippen molar-refractivity contribution in [2.45, 2.75) is 65.2 Å². The minimum Gasteiger partial charge on any atom is -0.464 e. The minimum absolute atomic E-state index is 0.169. The number of amides is 2. The summed E-state index contributed by atoms with van der Waals surface area (Å²) in [5.74, 6) is -0.305. The van der Waals surface area contributed by atoms with E-state index in [1.807, 2.05) is 30.3 Å². The lowest BCUT2D eigenvalue weighted by Gasteiger charge is -2.33. The highest BCUT2D eigenvalue weighted by atomic mass is 16.6. The molecule has 0 saturated carbocycles. The molecule has 8 heteroatoms. The van der Waals surface area contributed by atoms with Crippen molar-refractivity contribution in [2.24, 2.45) is 5.92 Å². The highest BCUT2D eigenvalue weighted by Crippen LogP contribution is 2.23. The number of esters is 1. The van der Waals surface area contributed by atoms with E-state index in [1.165, 1.54) is 0 Å². The largest absolute Gasteiger partial charge is 0.464 e. The molecule has 8 nitrogen and oxygen atoms in total. The topological polar surface area (TPSA) is 94.2 Å². The van der Waals surface area contributed by atoms with E-state index >= 15 is 0 Å². The third kappa shape index (κ3) is 8.86. The molecule has 2 amide bonds. The molecule has 172 valence electrons. The normalized spacial score (nSPS) is 15.7. The van der Waals surface area contributed by atoms with Gasteiger partial charge in [0.25, 0.3) is 0 Å². The fraction of sp³-hybridized carbons (Fsp3) is 0.609. The Labute approximate surface area is 184 Å². The fourth-order valence-electron chi connectivity index (χ4n) is 3.40. The first-order valence-electron chi connectivity index (χ1n) is 10.8. The Hall–Kier alpha value is -2.77. The number of nitrogens with zero attached hydrogens (tertiary/aromatic N) is 1. The van der Waals surface area contributed by atoms with Crippen molar-refractivity contribution >= 4 is 18.2 Å². The fourth-order valence-corrected chi connectivity index (χ4v) is 3.40. The Morgan fingerprint density at radius 3 is 2.32 bits per heavy atom. The number of hydrogen-bond acceptors (Lipinski definition) is 6. The van der Waals surface area contributed by atoms with E-state index in [2.05, 4.69) is 5.32 Å². The molecule has 1 aliphatic rings. The molecular formula is C23H34N2O6. The lowest BCUT2D eigenvalue weighted by Crippen LogP contribution is -2.46. The van der Waals surface area contributed by atoms with Gasteiger partial charge in [-0.25, -0.2) is 14.4 Å². The molecule has 2 rings (SSSR count). The van der Waals surface area contributed by atoms with Crippen molar-refractivity contribution in [2.75, 3.05) is 19.7 Å². The number of carbonyl (C=O) groups is 3. The van der Waals surface area contributed by atoms with Crippen LogP contribution in [0.4, 0.5) is 9.59 Å². The summed E-state index contributed by atoms with van der Waals surface area (Å²) in [4.78, 5) is 38.5. The smallest absolute Gasteiger partial charge is 0.410 e. The summed E-state index contributed by atoms with van der Waals surface area (Å²) in [5.41, 5.74) is 0.283. The number of alkyl carbamates (subject to hydrolysis) is 1. The van der Waals surface area contributed by atoms with Crippen LogP contribution in [-0.4, -0.2) is 54.4 Å². The Balaban J connectivity index is 1.83. The maximum absolute atomic E-state index is 12.3. The molecule has 0 spiro atoms. The average molecular weight is 435 g/mol. The quantitative estimate of drug-likeness (QED) is 0.517. The van der Waals surface area contributed by atoms with Crippen LogP contribution in [0.1, 0.15) is 52.5 Å². The summed E-state index contributed by atoms with van der Waals surface area (Å²) >= 11 is 0. The molecule has 0 bridgehead atoms. The van der Waals surface area contributed by atoms with Gasteiger partial charge in [0.15, 0.2) is 0 Å². The molecule has 0 radical (unpaired) electrons. The van der Waals surface area contributed by atoms with Gasteiger partial charge in [0.2, 0.25) is 0 Å². The number of rotatable bonds is 7. The van der Waals surface area contributed by atoms with Crippen LogP contribution in [0.25, 0.3) is 0 Å². The van der Waals surface area contributed by atoms with Gasteiger partial charge in [-0.1, -0.05) is 30.3 Å². The highest BCUT2D eigenvalue weighted by Gasteiger charge is 2.31. The van der Waals surface area contributed by atoms with E-state index in [-0.39, 0.29) is 25.2 Å². The number of hydrogen-bond donors (Lipinski definition) is 1. The lowest BCUT2D eigenvalue weighted by atomic mass is 9.90. The zero-order valence-electron chi connectivity index (χ0n) is 18.9. The van der Waals surface area contributed by atoms with Crippen LogP contribution in [0.15, 0.2) is 30.3 Å². The first-order chi connectivity index (χ1) is 14.7. The Bertz CT molecular complexity index is 723. The van der Waals surface area contributed by atoms with E-state index in [9.17, 15) is 14.4 Å². The van der Waals surface area contributed by atoms with Gasteiger partial charge < -0.3 is 24.4 Å². The zero-order chi connectivity index (χ0) is 22.9. The predicted octanol–water partition coefficient (Wildman–Crippen LogP) is 3.88. The van der Waals surface area contributed by atoms with E-state index in [0.29, 0.717) is 32.4 Å². The summed E-state index contributed by atoms with van der Waals surface area (Å²) in [7, 11) is 0. The van der Waals surface area contributed by atoms with Crippen molar-refractivity contribution in [3.05, 3.63) is 35.9 Å². The molecule has 0 aliphatic carbocycles. The number of piperidine rings is 1. The second-order valence-corrected chi connectivity index (χ2v) is 8.66. The van der Waals surface area contributed by atoms with Crippen molar-refractivity contribution in [1.82, 2.24) is 10.2 Å². The Morgan fingerprint density at radius 2 is 1.74 bits per heavy atom. The number of likely N-dealkylation sites (tertiary alicyclic amines) is 1. The van der Waals surface area contributed by atoms with Crippen LogP contribution in [0.2, 0.25) is 0 Å². The van der Waals surface area contributed by atoms with Crippen LogP contribution in [0.5, 0.6) is 0 Å². The van der Waals surface area contributed by atoms with E-state index in [0.717, 1.165) is 5.56 Å². The van der Waals surface area contributed by atoms with E-state index < -0.39 is 23.7 Å². The molecule has 1 aromatic rings. The molecule has 1 fully saturated rings. The molecule has 1 saturated heterocycles. The first-order valence-corrected chi connectivity index (χ1v) is 10.8. The maximum Gasteiger partial charge on any atom is 0.410 e. The van der Waals surface area contributed by atoms with Crippen LogP contribution in [0, 0.1) is 5.92 Å². The van der Waals surface area contributed by atoms with Crippen LogP contribution < -0.4 is 5.32 Å². The zero-order valence-corrected chi connectivity index (χ0v) is 18.9. The molecule has 1 unspecified atom stereocenters. The SMILES string of the molecule is CCOC(=O)C(CC1CCN(C(=O)OCc2ccccc2)CC1)NC(=O)OC(C)(C)C. The molecule has 1 heterocycles. The molecule has 1 N–H and O–H groups in total. The summed E-state index contributed by atoms with van der Waals surface area (Å²) in [5, 5.41) is 2.64. The Morgan fingerprint density at radius 1 is 1.10 bits per heavy atom. The van der Waals surface area contributed by atoms with E-state index in [1.54, 1.807) is 32.6 Å². The lowest BCUT2D eigenvalue weighted by molar-refractivity contribution is -0.146. The second kappa shape index (κ2) is 11.6. The molecule has 1 aliphatic heterocycles. The molecule has 31 heavy (non-hydrogen) atoms. The van der Waals surface area contributed by atoms with E-state index in [4.69, 9.17) is 14.2 Å². The number of carbonyl (C=O) groups excluding carboxylic acids is 3. The standard InChI is InChI=1S/C23H34N2O6/c1-5-29-20(26)19(24-21(27)31-23(2,3)4)15-17-11-13-25(14-12-17)22(28)30-16-18-9-7-6-8-10-18/h6-10,17,19H,5,11-16H2,1-4H3,(H,24,27). The number of nitrogens with one attached hydrogen (secondary N) is 1. The third-order valence-corrected chi connectivity index (χ3v) is 4.91. The monoisotopic (exact) mass is 434 g/mol. The summed E-state index contributed by atoms with van der Waals surface area (Å²) in [6.07, 6.45) is 0.882. The molecule has 1 aromatic carbocycles. The van der Waals surface area contributed by atoms with Crippen LogP contribution >= 0.6 is 0 Å². The number of ether oxygens (including phenoxy) is 3. The second-order valence-electron chi connectivity index (χ2n) is 8.66. The van der Waals surface area contributed by atoms with Gasteiger partial charge in [0.1, 0.15) is 18.2 Å². The molecule has 1 atom stereocenters. The van der Waals surface area contributed by atoms with Gasteiger partial charge in [-0.15, -0.1) is 0 Å². The highest BCUT2D eigenvalue weighted by molar-refractivity contribution is 5.81. The van der Waals surface area contributed by atoms with Crippen LogP contribution in [-0.2, 0) is 25.6 Å². The van der Waals surface area contributed by atoms with Crippen molar-refractivity contribution < 1.29 is 28.6 Å². The van der Waals surface area contributed by atoms with Gasteiger partial charge in [0.05, 0.1) is 6.61 Å². The molecular weight excluding hydrogens is 400 g/mol. The van der Waals surface area contributed by atoms with Crippen LogP contribution in [0.3, 0.4) is 0 Å². The van der Waals surface area contributed by atoms with Crippen molar-refractivity contribution in [3.8, 4) is 0 Å². The van der Waals surface area contributed by atoms with Gasteiger partial charge in [-0.05, 0) is 58.4 Å². The Kier molecular flexibility index (Phi) is 9.15. The summed E-state index contributed by atoms with van der Waals surface area (Å²) in [6.45, 7) is 8.57. The average Bonchev–Trinajstić information content (AvgIpc) is 2.71. The van der Waals surface area contributed by atoms with Gasteiger partial charge in [0, 0.05) is 13.1 Å². The maximum atomic E-state index is 12.3. The van der Waals surface area contributed by atoms with Crippen molar-refractivity contribution in [1.29, 1.82) is 0 Å². The first kappa shape index (κ1) is 24.5. The van der Waals surface area contributed by atoms with Gasteiger partial charge in [-0.3, -0.25) is 0 Å². The third-order valence-electron chi connectivity index (χ3n) is 4.91. The van der Waals surface area contributed by atoms with Gasteiger partial charge >= 0.3 is 18.2 Å². The number of benzene rings is 1. The predicted molar refractivity (Wildman–Crippen MR) is 115 cm³/mol. The molecule has 0 aromatic heterocycles. The minimum atomic E-state index is -0.781.